The minimum Gasteiger partial charge on any atom is -0.0622 e. The number of ether oxygens (including phenoxy) is 1. The molecule has 0 atom stereocenters. The molecule has 10 rings (SSSR count). The zero-order valence-electron chi connectivity index (χ0n) is 51.4. The van der Waals surface area contributed by atoms with Crippen LogP contribution < -0.4 is 31.8 Å². The fourth-order valence-corrected chi connectivity index (χ4v) is 30.8. The molecule has 0 radical (unpaired) electrons. The van der Waals surface area contributed by atoms with Gasteiger partial charge in [0, 0.05) is 26.6 Å². The molecule has 0 aliphatic rings. The number of carbonyl (C=O) groups excluding carboxylic acids is 1. The van der Waals surface area contributed by atoms with E-state index in [1.165, 1.54) is 105 Å². The van der Waals surface area contributed by atoms with Crippen molar-refractivity contribution in [2.24, 2.45) is 0 Å². The van der Waals surface area contributed by atoms with Gasteiger partial charge in [-0.1, -0.05) is 220 Å². The van der Waals surface area contributed by atoms with E-state index in [0.29, 0.717) is 5.69 Å². The maximum absolute atomic E-state index is 11.2. The number of Topliss-reactive ketones (excluding diaryl/α,β-unsaturated/α-hetero) is 1. The molecule has 0 aliphatic carbocycles. The van der Waals surface area contributed by atoms with Crippen LogP contribution in [-0.2, 0) is 20.7 Å². The van der Waals surface area contributed by atoms with E-state index in [0.717, 1.165) is 41.2 Å². The Balaban J connectivity index is 0.000000233. The molecule has 2 heterocycles. The molecule has 88 heavy (non-hydrogen) atoms. The summed E-state index contributed by atoms with van der Waals surface area (Å²) < 4.78 is 14.7. The number of halogens is 6. The van der Waals surface area contributed by atoms with E-state index in [1.54, 1.807) is 6.07 Å². The van der Waals surface area contributed by atoms with Crippen LogP contribution in [0.3, 0.4) is 0 Å². The Morgan fingerprint density at radius 1 is 0.511 bits per heavy atom. The first kappa shape index (κ1) is 77.1. The molecular weight excluding hydrogens is 1630 g/mol. The Kier molecular flexibility index (Phi) is 38.1. The van der Waals surface area contributed by atoms with Crippen LogP contribution in [0.4, 0.5) is 0 Å². The van der Waals surface area contributed by atoms with Crippen LogP contribution in [-0.4, -0.2) is 40.7 Å². The van der Waals surface area contributed by atoms with Crippen LogP contribution in [0.5, 0.6) is 0 Å². The Morgan fingerprint density at radius 3 is 1.09 bits per heavy atom. The molecule has 0 N–H and O–H groups in total. The summed E-state index contributed by atoms with van der Waals surface area (Å²) in [5.74, 6) is -0.00507. The normalized spacial score (nSPS) is 10.6. The second-order valence-corrected chi connectivity index (χ2v) is 43.6. The van der Waals surface area contributed by atoms with Gasteiger partial charge in [0.05, 0.1) is 11.0 Å². The Hall–Kier alpha value is -3.33. The van der Waals surface area contributed by atoms with Crippen LogP contribution in [0.2, 0.25) is 13.3 Å². The molecule has 0 fully saturated rings. The van der Waals surface area contributed by atoms with E-state index < -0.39 is 34.2 Å². The SMILES string of the molecule is C=[C](OCC)[Sn]([CH2]CCC)([CH2]CCC)[CH2]CCC.CC(=O)c1ccc2c(C)cc(Br)cc2n1.Cc1cc(Br)cc2nc(I)ccc12.Cl.[Cl][Pd][Cl].c1ccc(P(c2ccccc2)c2ccccc2)cc1.c1ccc(P(c2ccccc2)c2ccccc2)cc1. The predicted octanol–water partition coefficient (Wildman–Crippen LogP) is 22.0. The maximum atomic E-state index is 11.2. The minimum atomic E-state index is -2.24. The van der Waals surface area contributed by atoms with Crippen molar-refractivity contribution in [3.05, 3.63) is 270 Å². The van der Waals surface area contributed by atoms with E-state index in [-0.39, 0.29) is 34.1 Å². The second kappa shape index (κ2) is 43.5. The molecule has 466 valence electrons. The smallest absolute Gasteiger partial charge is 0.0134 e. The number of fused-ring (bicyclic) bond motifs is 2. The fraction of sp³-hybridized carbons (Fsp3) is 0.230. The average Bonchev–Trinajstić information content (AvgIpc) is 3.68. The van der Waals surface area contributed by atoms with Crippen molar-refractivity contribution in [1.29, 1.82) is 0 Å². The zero-order chi connectivity index (χ0) is 62.8. The standard InChI is InChI=1S/2C18H15P.C12H10BrNO.C10H7BrIN.C4H7O.3C4H9.3ClH.Pd.Sn/c2*1-4-10-16(11-5-1)19(17-12-6-2-7-13-17)18-14-8-3-9-15-18;1-7-5-9(13)6-12-10(7)3-4-11(14-12)8(2)15;1-6-4-7(11)5-9-8(6)2-3-10(12)13-9;1-3-5-4-2;3*1-3-4-2;;;;;/h2*1-15H;3-6H,1-2H3;2-5H,1H3;1,4H2,2H3;3*1,3-4H2,2H3;3*1H;;/q;;;;;;;;;;;+2;/p-2. The van der Waals surface area contributed by atoms with Gasteiger partial charge >= 0.3 is 155 Å². The number of hydrogen-bond acceptors (Lipinski definition) is 4. The minimum absolute atomic E-state index is 0. The van der Waals surface area contributed by atoms with E-state index in [2.05, 4.69) is 300 Å². The summed E-state index contributed by atoms with van der Waals surface area (Å²) in [7, 11) is 8.74. The first-order chi connectivity index (χ1) is 42.2. The number of carbonyl (C=O) groups is 1. The average molecular weight is 1710 g/mol. The molecular formula is C74H82Br2Cl3IN2O2P2PdSn. The van der Waals surface area contributed by atoms with Crippen molar-refractivity contribution < 1.29 is 25.5 Å². The van der Waals surface area contributed by atoms with Gasteiger partial charge in [-0.2, -0.15) is 0 Å². The van der Waals surface area contributed by atoms with Crippen molar-refractivity contribution in [1.82, 2.24) is 9.97 Å². The summed E-state index contributed by atoms with van der Waals surface area (Å²) >= 11 is 6.76. The Morgan fingerprint density at radius 2 is 0.807 bits per heavy atom. The van der Waals surface area contributed by atoms with E-state index >= 15 is 0 Å². The fourth-order valence-electron chi connectivity index (χ4n) is 9.94. The van der Waals surface area contributed by atoms with Crippen molar-refractivity contribution in [2.45, 2.75) is 100 Å². The summed E-state index contributed by atoms with van der Waals surface area (Å²) in [6, 6.07) is 80.6. The maximum Gasteiger partial charge on any atom is -0.0134 e. The number of unbranched alkanes of at least 4 members (excludes halogenated alkanes) is 3. The monoisotopic (exact) mass is 1710 g/mol. The van der Waals surface area contributed by atoms with Gasteiger partial charge in [0.1, 0.15) is 9.39 Å². The van der Waals surface area contributed by atoms with Crippen LogP contribution >= 0.6 is 102 Å². The van der Waals surface area contributed by atoms with Crippen LogP contribution in [0.15, 0.2) is 250 Å². The number of benzene rings is 8. The molecule has 0 saturated carbocycles. The number of hydrogen-bond donors (Lipinski definition) is 0. The van der Waals surface area contributed by atoms with Gasteiger partial charge in [0.25, 0.3) is 0 Å². The van der Waals surface area contributed by atoms with Crippen molar-refractivity contribution in [2.75, 3.05) is 6.61 Å². The Bertz CT molecular complexity index is 3260. The molecule has 0 spiro atoms. The van der Waals surface area contributed by atoms with Gasteiger partial charge < -0.3 is 0 Å². The third-order valence-electron chi connectivity index (χ3n) is 14.3. The third kappa shape index (κ3) is 25.6. The Labute approximate surface area is 585 Å². The largest absolute Gasteiger partial charge is 0.0622 e. The van der Waals surface area contributed by atoms with Crippen molar-refractivity contribution >= 4 is 180 Å². The molecule has 0 amide bonds. The molecule has 4 nitrogen and oxygen atoms in total. The number of rotatable bonds is 19. The number of aromatic nitrogens is 2. The molecule has 8 aromatic carbocycles. The van der Waals surface area contributed by atoms with Crippen LogP contribution in [0, 0.1) is 17.5 Å². The van der Waals surface area contributed by atoms with E-state index in [1.807, 2.05) is 37.3 Å². The molecule has 14 heteroatoms. The number of nitrogens with zero attached hydrogens (tertiary/aromatic N) is 2. The number of pyridine rings is 2. The summed E-state index contributed by atoms with van der Waals surface area (Å²) in [5.41, 5.74) is 4.84. The van der Waals surface area contributed by atoms with Gasteiger partial charge in [-0.25, -0.2) is 9.97 Å². The first-order valence-corrected chi connectivity index (χ1v) is 46.4. The molecule has 10 aromatic rings. The topological polar surface area (TPSA) is 52.1 Å². The van der Waals surface area contributed by atoms with Crippen molar-refractivity contribution in [3.8, 4) is 0 Å². The van der Waals surface area contributed by atoms with Gasteiger partial charge in [0.2, 0.25) is 0 Å². The van der Waals surface area contributed by atoms with E-state index in [9.17, 15) is 4.79 Å². The number of aryl methyl sites for hydroxylation is 2. The number of ketones is 1. The summed E-state index contributed by atoms with van der Waals surface area (Å²) in [6.45, 7) is 19.8. The van der Waals surface area contributed by atoms with Gasteiger partial charge in [-0.15, -0.1) is 12.4 Å². The molecule has 0 aliphatic heterocycles. The van der Waals surface area contributed by atoms with Gasteiger partial charge in [-0.05, 0) is 138 Å². The third-order valence-corrected chi connectivity index (χ3v) is 35.7. The predicted molar refractivity (Wildman–Crippen MR) is 406 cm³/mol. The molecule has 0 bridgehead atoms. The van der Waals surface area contributed by atoms with E-state index in [4.69, 9.17) is 23.8 Å². The molecule has 0 saturated heterocycles. The zero-order valence-corrected chi connectivity index (χ0v) is 65.3. The van der Waals surface area contributed by atoms with Crippen LogP contribution in [0.1, 0.15) is 94.8 Å². The molecule has 2 aromatic heterocycles. The second-order valence-electron chi connectivity index (χ2n) is 20.6. The van der Waals surface area contributed by atoms with Crippen molar-refractivity contribution in [3.63, 3.8) is 0 Å². The quantitative estimate of drug-likeness (QED) is 0.0202. The first-order valence-electron chi connectivity index (χ1n) is 29.6. The van der Waals surface area contributed by atoms with Crippen LogP contribution in [0.25, 0.3) is 21.8 Å². The van der Waals surface area contributed by atoms with Gasteiger partial charge in [-0.3, -0.25) is 4.79 Å². The van der Waals surface area contributed by atoms with Gasteiger partial charge in [0.15, 0.2) is 5.78 Å². The summed E-state index contributed by atoms with van der Waals surface area (Å²) in [5, 5.41) is 10.7. The molecule has 0 unspecified atom stereocenters. The summed E-state index contributed by atoms with van der Waals surface area (Å²) in [6.07, 6.45) is 8.10. The summed E-state index contributed by atoms with van der Waals surface area (Å²) in [4.78, 5) is 20.0.